The molecule has 2 fully saturated rings. The number of hydrogen-bond acceptors (Lipinski definition) is 2. The molecule has 0 aromatic carbocycles. The van der Waals surface area contributed by atoms with E-state index in [9.17, 15) is 4.79 Å². The topological polar surface area (TPSA) is 32.3 Å². The maximum Gasteiger partial charge on any atom is 0.225 e. The molecular formula is C11H21ClN2O. The summed E-state index contributed by atoms with van der Waals surface area (Å²) < 4.78 is 0. The molecule has 0 bridgehead atoms. The normalized spacial score (nSPS) is 30.5. The van der Waals surface area contributed by atoms with Crippen LogP contribution >= 0.6 is 12.4 Å². The molecule has 0 unspecified atom stereocenters. The van der Waals surface area contributed by atoms with Crippen LogP contribution in [-0.4, -0.2) is 36.5 Å². The Morgan fingerprint density at radius 3 is 2.53 bits per heavy atom. The molecule has 88 valence electrons. The number of carbonyl (C=O) groups excluding carboxylic acids is 1. The highest BCUT2D eigenvalue weighted by Gasteiger charge is 2.34. The standard InChI is InChI=1S/C11H20N2O.ClH/c1-8-7-9(5-6-12-8)11(14)13(2)10-3-4-10;/h8-10,12H,3-7H2,1-2H3;1H/t8-,9-;/m0./s1. The fraction of sp³-hybridized carbons (Fsp3) is 0.909. The van der Waals surface area contributed by atoms with Gasteiger partial charge in [-0.2, -0.15) is 0 Å². The van der Waals surface area contributed by atoms with Crippen molar-refractivity contribution in [3.05, 3.63) is 0 Å². The van der Waals surface area contributed by atoms with Crippen molar-refractivity contribution in [2.45, 2.75) is 44.7 Å². The summed E-state index contributed by atoms with van der Waals surface area (Å²) >= 11 is 0. The summed E-state index contributed by atoms with van der Waals surface area (Å²) in [4.78, 5) is 14.0. The highest BCUT2D eigenvalue weighted by Crippen LogP contribution is 2.28. The Morgan fingerprint density at radius 2 is 2.00 bits per heavy atom. The smallest absolute Gasteiger partial charge is 0.225 e. The molecule has 1 saturated heterocycles. The fourth-order valence-electron chi connectivity index (χ4n) is 2.29. The summed E-state index contributed by atoms with van der Waals surface area (Å²) in [6.45, 7) is 3.16. The number of amides is 1. The average Bonchev–Trinajstić information content (AvgIpc) is 2.99. The van der Waals surface area contributed by atoms with E-state index in [1.165, 1.54) is 12.8 Å². The third kappa shape index (κ3) is 3.08. The molecule has 1 saturated carbocycles. The number of carbonyl (C=O) groups is 1. The van der Waals surface area contributed by atoms with Crippen molar-refractivity contribution in [2.75, 3.05) is 13.6 Å². The highest BCUT2D eigenvalue weighted by atomic mass is 35.5. The predicted molar refractivity (Wildman–Crippen MR) is 63.2 cm³/mol. The van der Waals surface area contributed by atoms with Crippen molar-refractivity contribution >= 4 is 18.3 Å². The first-order valence-electron chi connectivity index (χ1n) is 5.68. The fourth-order valence-corrected chi connectivity index (χ4v) is 2.29. The van der Waals surface area contributed by atoms with E-state index in [2.05, 4.69) is 12.2 Å². The summed E-state index contributed by atoms with van der Waals surface area (Å²) in [5.41, 5.74) is 0. The van der Waals surface area contributed by atoms with E-state index in [-0.39, 0.29) is 18.3 Å². The first kappa shape index (κ1) is 12.8. The van der Waals surface area contributed by atoms with Crippen molar-refractivity contribution in [3.63, 3.8) is 0 Å². The summed E-state index contributed by atoms with van der Waals surface area (Å²) in [6.07, 6.45) is 4.45. The van der Waals surface area contributed by atoms with E-state index in [1.54, 1.807) is 0 Å². The van der Waals surface area contributed by atoms with Gasteiger partial charge in [0.1, 0.15) is 0 Å². The zero-order valence-electron chi connectivity index (χ0n) is 9.53. The Balaban J connectivity index is 0.00000112. The SMILES string of the molecule is C[C@H]1C[C@@H](C(=O)N(C)C2CC2)CCN1.Cl. The lowest BCUT2D eigenvalue weighted by Crippen LogP contribution is -2.43. The first-order valence-corrected chi connectivity index (χ1v) is 5.68. The van der Waals surface area contributed by atoms with Gasteiger partial charge in [-0.3, -0.25) is 4.79 Å². The minimum Gasteiger partial charge on any atom is -0.343 e. The number of piperidine rings is 1. The van der Waals surface area contributed by atoms with Gasteiger partial charge in [0.05, 0.1) is 0 Å². The molecule has 2 rings (SSSR count). The van der Waals surface area contributed by atoms with Crippen molar-refractivity contribution in [3.8, 4) is 0 Å². The zero-order valence-corrected chi connectivity index (χ0v) is 10.3. The second-order valence-corrected chi connectivity index (χ2v) is 4.76. The Labute approximate surface area is 98.0 Å². The van der Waals surface area contributed by atoms with Gasteiger partial charge >= 0.3 is 0 Å². The molecule has 0 aromatic rings. The van der Waals surface area contributed by atoms with E-state index in [4.69, 9.17) is 0 Å². The van der Waals surface area contributed by atoms with Crippen LogP contribution in [0.25, 0.3) is 0 Å². The van der Waals surface area contributed by atoms with Crippen LogP contribution in [0.3, 0.4) is 0 Å². The second kappa shape index (κ2) is 5.17. The van der Waals surface area contributed by atoms with Crippen LogP contribution in [-0.2, 0) is 4.79 Å². The van der Waals surface area contributed by atoms with Crippen LogP contribution in [0.1, 0.15) is 32.6 Å². The van der Waals surface area contributed by atoms with Gasteiger partial charge in [-0.15, -0.1) is 12.4 Å². The minimum atomic E-state index is 0. The van der Waals surface area contributed by atoms with Crippen LogP contribution in [0.4, 0.5) is 0 Å². The molecule has 2 atom stereocenters. The van der Waals surface area contributed by atoms with Gasteiger partial charge in [0.2, 0.25) is 5.91 Å². The number of rotatable bonds is 2. The van der Waals surface area contributed by atoms with Crippen molar-refractivity contribution in [1.29, 1.82) is 0 Å². The maximum atomic E-state index is 12.0. The molecule has 2 aliphatic rings. The van der Waals surface area contributed by atoms with E-state index < -0.39 is 0 Å². The lowest BCUT2D eigenvalue weighted by Gasteiger charge is -2.30. The molecule has 1 aliphatic carbocycles. The number of halogens is 1. The van der Waals surface area contributed by atoms with Crippen molar-refractivity contribution in [2.24, 2.45) is 5.92 Å². The van der Waals surface area contributed by atoms with Crippen molar-refractivity contribution < 1.29 is 4.79 Å². The van der Waals surface area contributed by atoms with Gasteiger partial charge in [0.25, 0.3) is 0 Å². The van der Waals surface area contributed by atoms with Crippen LogP contribution in [0, 0.1) is 5.92 Å². The first-order chi connectivity index (χ1) is 6.68. The summed E-state index contributed by atoms with van der Waals surface area (Å²) in [7, 11) is 1.96. The molecule has 0 spiro atoms. The summed E-state index contributed by atoms with van der Waals surface area (Å²) in [6, 6.07) is 1.07. The Hall–Kier alpha value is -0.280. The van der Waals surface area contributed by atoms with Gasteiger partial charge in [0.15, 0.2) is 0 Å². The second-order valence-electron chi connectivity index (χ2n) is 4.76. The quantitative estimate of drug-likeness (QED) is 0.781. The molecule has 3 nitrogen and oxygen atoms in total. The molecule has 1 amide bonds. The molecule has 1 aliphatic heterocycles. The van der Waals surface area contributed by atoms with Gasteiger partial charge in [-0.25, -0.2) is 0 Å². The lowest BCUT2D eigenvalue weighted by molar-refractivity contribution is -0.135. The molecule has 1 heterocycles. The summed E-state index contributed by atoms with van der Waals surface area (Å²) in [5.74, 6) is 0.651. The largest absolute Gasteiger partial charge is 0.343 e. The Kier molecular flexibility index (Phi) is 4.41. The van der Waals surface area contributed by atoms with Gasteiger partial charge in [-0.1, -0.05) is 0 Å². The maximum absolute atomic E-state index is 12.0. The van der Waals surface area contributed by atoms with Crippen molar-refractivity contribution in [1.82, 2.24) is 10.2 Å². The molecular weight excluding hydrogens is 212 g/mol. The highest BCUT2D eigenvalue weighted by molar-refractivity contribution is 5.85. The molecule has 0 radical (unpaired) electrons. The van der Waals surface area contributed by atoms with E-state index in [0.717, 1.165) is 19.4 Å². The van der Waals surface area contributed by atoms with E-state index in [0.29, 0.717) is 18.0 Å². The Bertz CT molecular complexity index is 231. The minimum absolute atomic E-state index is 0. The molecule has 15 heavy (non-hydrogen) atoms. The molecule has 1 N–H and O–H groups in total. The Morgan fingerprint density at radius 1 is 1.33 bits per heavy atom. The van der Waals surface area contributed by atoms with E-state index in [1.807, 2.05) is 11.9 Å². The van der Waals surface area contributed by atoms with Crippen LogP contribution < -0.4 is 5.32 Å². The zero-order chi connectivity index (χ0) is 10.1. The van der Waals surface area contributed by atoms with Crippen LogP contribution in [0.2, 0.25) is 0 Å². The number of hydrogen-bond donors (Lipinski definition) is 1. The van der Waals surface area contributed by atoms with Gasteiger partial charge in [-0.05, 0) is 39.2 Å². The van der Waals surface area contributed by atoms with Gasteiger partial charge in [0, 0.05) is 25.0 Å². The third-order valence-corrected chi connectivity index (χ3v) is 3.42. The van der Waals surface area contributed by atoms with Crippen LogP contribution in [0.5, 0.6) is 0 Å². The predicted octanol–water partition coefficient (Wildman–Crippen LogP) is 1.42. The molecule has 4 heteroatoms. The lowest BCUT2D eigenvalue weighted by atomic mass is 9.92. The molecule has 0 aromatic heterocycles. The monoisotopic (exact) mass is 232 g/mol. The number of nitrogens with zero attached hydrogens (tertiary/aromatic N) is 1. The van der Waals surface area contributed by atoms with Crippen LogP contribution in [0.15, 0.2) is 0 Å². The van der Waals surface area contributed by atoms with Gasteiger partial charge < -0.3 is 10.2 Å². The third-order valence-electron chi connectivity index (χ3n) is 3.42. The number of nitrogens with one attached hydrogen (secondary N) is 1. The summed E-state index contributed by atoms with van der Waals surface area (Å²) in [5, 5.41) is 3.38. The average molecular weight is 233 g/mol. The van der Waals surface area contributed by atoms with E-state index >= 15 is 0 Å².